The van der Waals surface area contributed by atoms with E-state index in [1.165, 1.54) is 0 Å². The van der Waals surface area contributed by atoms with E-state index in [1.54, 1.807) is 17.0 Å². The molecule has 9 nitrogen and oxygen atoms in total. The van der Waals surface area contributed by atoms with E-state index >= 15 is 0 Å². The fourth-order valence-electron chi connectivity index (χ4n) is 3.25. The molecule has 1 aromatic carbocycles. The highest BCUT2D eigenvalue weighted by Crippen LogP contribution is 2.27. The first-order chi connectivity index (χ1) is 13.1. The van der Waals surface area contributed by atoms with E-state index in [0.717, 1.165) is 24.1 Å². The van der Waals surface area contributed by atoms with Gasteiger partial charge >= 0.3 is 6.03 Å². The standard InChI is InChI=1S/C18H21N5O4/c1-11-4-5-12(9-13(11)23-7-6-19-18(23)25)16(24)20-10-15-21-17(27-22-15)14-3-2-8-26-14/h4-5,9,14H,2-3,6-8,10H2,1H3,(H,19,25)(H,20,24)/t14-/m1/s1. The number of urea groups is 1. The molecule has 2 aromatic rings. The van der Waals surface area contributed by atoms with Gasteiger partial charge in [0.05, 0.1) is 6.54 Å². The number of aromatic nitrogens is 2. The van der Waals surface area contributed by atoms with Gasteiger partial charge in [-0.1, -0.05) is 11.2 Å². The highest BCUT2D eigenvalue weighted by Gasteiger charge is 2.25. The first-order valence-electron chi connectivity index (χ1n) is 9.00. The number of benzene rings is 1. The van der Waals surface area contributed by atoms with Gasteiger partial charge < -0.3 is 19.9 Å². The van der Waals surface area contributed by atoms with Gasteiger partial charge in [-0.15, -0.1) is 0 Å². The molecule has 0 radical (unpaired) electrons. The molecular formula is C18H21N5O4. The number of anilines is 1. The molecule has 0 saturated carbocycles. The molecule has 1 atom stereocenters. The van der Waals surface area contributed by atoms with Crippen LogP contribution in [0.2, 0.25) is 0 Å². The number of aryl methyl sites for hydroxylation is 1. The van der Waals surface area contributed by atoms with Crippen LogP contribution in [-0.2, 0) is 11.3 Å². The quantitative estimate of drug-likeness (QED) is 0.828. The normalized spacial score (nSPS) is 19.4. The third-order valence-electron chi connectivity index (χ3n) is 4.71. The second kappa shape index (κ2) is 7.36. The zero-order valence-electron chi connectivity index (χ0n) is 15.0. The van der Waals surface area contributed by atoms with Crippen LogP contribution in [0.5, 0.6) is 0 Å². The van der Waals surface area contributed by atoms with Crippen LogP contribution in [-0.4, -0.2) is 41.8 Å². The SMILES string of the molecule is Cc1ccc(C(=O)NCc2noc([C@H]3CCCO3)n2)cc1N1CCNC1=O. The fraction of sp³-hybridized carbons (Fsp3) is 0.444. The monoisotopic (exact) mass is 371 g/mol. The van der Waals surface area contributed by atoms with Crippen molar-refractivity contribution in [2.75, 3.05) is 24.6 Å². The van der Waals surface area contributed by atoms with Gasteiger partial charge in [0, 0.05) is 30.9 Å². The highest BCUT2D eigenvalue weighted by atomic mass is 16.5. The molecule has 0 aliphatic carbocycles. The highest BCUT2D eigenvalue weighted by molar-refractivity contribution is 5.99. The molecule has 2 fully saturated rings. The van der Waals surface area contributed by atoms with Crippen LogP contribution in [0.1, 0.15) is 46.6 Å². The number of nitrogens with zero attached hydrogens (tertiary/aromatic N) is 3. The lowest BCUT2D eigenvalue weighted by atomic mass is 10.1. The number of carbonyl (C=O) groups excluding carboxylic acids is 2. The summed E-state index contributed by atoms with van der Waals surface area (Å²) in [7, 11) is 0. The van der Waals surface area contributed by atoms with E-state index in [4.69, 9.17) is 9.26 Å². The average Bonchev–Trinajstić information content (AvgIpc) is 3.41. The Bertz CT molecular complexity index is 859. The second-order valence-corrected chi connectivity index (χ2v) is 6.62. The maximum absolute atomic E-state index is 12.5. The molecule has 142 valence electrons. The van der Waals surface area contributed by atoms with Crippen molar-refractivity contribution in [3.8, 4) is 0 Å². The van der Waals surface area contributed by atoms with Gasteiger partial charge in [-0.3, -0.25) is 9.69 Å². The molecule has 1 aromatic heterocycles. The van der Waals surface area contributed by atoms with Gasteiger partial charge in [-0.05, 0) is 37.5 Å². The summed E-state index contributed by atoms with van der Waals surface area (Å²) in [4.78, 5) is 30.3. The molecule has 2 aliphatic rings. The van der Waals surface area contributed by atoms with Gasteiger partial charge in [0.2, 0.25) is 0 Å². The van der Waals surface area contributed by atoms with E-state index in [9.17, 15) is 9.59 Å². The van der Waals surface area contributed by atoms with Crippen molar-refractivity contribution in [2.24, 2.45) is 0 Å². The van der Waals surface area contributed by atoms with Crippen molar-refractivity contribution in [3.63, 3.8) is 0 Å². The minimum absolute atomic E-state index is 0.145. The van der Waals surface area contributed by atoms with E-state index in [-0.39, 0.29) is 24.6 Å². The zero-order chi connectivity index (χ0) is 18.8. The van der Waals surface area contributed by atoms with Crippen LogP contribution in [0, 0.1) is 6.92 Å². The van der Waals surface area contributed by atoms with Gasteiger partial charge in [0.15, 0.2) is 5.82 Å². The molecule has 9 heteroatoms. The van der Waals surface area contributed by atoms with Crippen LogP contribution >= 0.6 is 0 Å². The second-order valence-electron chi connectivity index (χ2n) is 6.62. The molecule has 27 heavy (non-hydrogen) atoms. The van der Waals surface area contributed by atoms with Crippen LogP contribution < -0.4 is 15.5 Å². The van der Waals surface area contributed by atoms with E-state index in [2.05, 4.69) is 20.8 Å². The minimum Gasteiger partial charge on any atom is -0.368 e. The maximum Gasteiger partial charge on any atom is 0.322 e. The van der Waals surface area contributed by atoms with Crippen molar-refractivity contribution in [2.45, 2.75) is 32.4 Å². The summed E-state index contributed by atoms with van der Waals surface area (Å²) in [6, 6.07) is 5.14. The Kier molecular flexibility index (Phi) is 4.76. The lowest BCUT2D eigenvalue weighted by Crippen LogP contribution is -2.29. The third kappa shape index (κ3) is 3.63. The van der Waals surface area contributed by atoms with E-state index in [1.807, 2.05) is 13.0 Å². The molecule has 0 unspecified atom stereocenters. The first kappa shape index (κ1) is 17.5. The fourth-order valence-corrected chi connectivity index (χ4v) is 3.25. The molecule has 2 N–H and O–H groups in total. The average molecular weight is 371 g/mol. The molecular weight excluding hydrogens is 350 g/mol. The minimum atomic E-state index is -0.265. The summed E-state index contributed by atoms with van der Waals surface area (Å²) in [6.45, 7) is 3.94. The number of amides is 3. The number of hydrogen-bond donors (Lipinski definition) is 2. The van der Waals surface area contributed by atoms with Gasteiger partial charge in [-0.2, -0.15) is 4.98 Å². The van der Waals surface area contributed by atoms with E-state index < -0.39 is 0 Å². The topological polar surface area (TPSA) is 110 Å². The van der Waals surface area contributed by atoms with Crippen LogP contribution in [0.4, 0.5) is 10.5 Å². The largest absolute Gasteiger partial charge is 0.368 e. The molecule has 4 rings (SSSR count). The van der Waals surface area contributed by atoms with Crippen molar-refractivity contribution in [1.82, 2.24) is 20.8 Å². The summed E-state index contributed by atoms with van der Waals surface area (Å²) in [5.41, 5.74) is 2.14. The van der Waals surface area contributed by atoms with E-state index in [0.29, 0.717) is 37.0 Å². The third-order valence-corrected chi connectivity index (χ3v) is 4.71. The summed E-state index contributed by atoms with van der Waals surface area (Å²) in [5, 5.41) is 9.44. The van der Waals surface area contributed by atoms with Crippen molar-refractivity contribution in [3.05, 3.63) is 41.0 Å². The molecule has 3 amide bonds. The summed E-state index contributed by atoms with van der Waals surface area (Å²) in [6.07, 6.45) is 1.70. The zero-order valence-corrected chi connectivity index (χ0v) is 15.0. The van der Waals surface area contributed by atoms with Crippen LogP contribution in [0.25, 0.3) is 0 Å². The Hall–Kier alpha value is -2.94. The maximum atomic E-state index is 12.5. The summed E-state index contributed by atoms with van der Waals surface area (Å²) < 4.78 is 10.7. The molecule has 2 saturated heterocycles. The van der Waals surface area contributed by atoms with Crippen molar-refractivity contribution >= 4 is 17.6 Å². The number of carbonyl (C=O) groups is 2. The van der Waals surface area contributed by atoms with Gasteiger partial charge in [-0.25, -0.2) is 4.79 Å². The Balaban J connectivity index is 1.42. The lowest BCUT2D eigenvalue weighted by molar-refractivity contribution is 0.0835. The van der Waals surface area contributed by atoms with Crippen molar-refractivity contribution < 1.29 is 18.8 Å². The lowest BCUT2D eigenvalue weighted by Gasteiger charge is -2.18. The predicted molar refractivity (Wildman–Crippen MR) is 95.3 cm³/mol. The summed E-state index contributed by atoms with van der Waals surface area (Å²) >= 11 is 0. The Morgan fingerprint density at radius 3 is 3.07 bits per heavy atom. The molecule has 0 bridgehead atoms. The van der Waals surface area contributed by atoms with Crippen molar-refractivity contribution in [1.29, 1.82) is 0 Å². The molecule has 0 spiro atoms. The first-order valence-corrected chi connectivity index (χ1v) is 9.00. The van der Waals surface area contributed by atoms with Crippen LogP contribution in [0.3, 0.4) is 0 Å². The summed E-state index contributed by atoms with van der Waals surface area (Å²) in [5.74, 6) is 0.592. The predicted octanol–water partition coefficient (Wildman–Crippen LogP) is 1.69. The Labute approximate surface area is 156 Å². The number of rotatable bonds is 5. The van der Waals surface area contributed by atoms with Gasteiger partial charge in [0.1, 0.15) is 6.10 Å². The number of ether oxygens (including phenoxy) is 1. The van der Waals surface area contributed by atoms with Crippen LogP contribution in [0.15, 0.2) is 22.7 Å². The Morgan fingerprint density at radius 2 is 2.33 bits per heavy atom. The Morgan fingerprint density at radius 1 is 1.44 bits per heavy atom. The van der Waals surface area contributed by atoms with Gasteiger partial charge in [0.25, 0.3) is 11.8 Å². The molecule has 2 aliphatic heterocycles. The smallest absolute Gasteiger partial charge is 0.322 e. The molecule has 3 heterocycles. The number of hydrogen-bond acceptors (Lipinski definition) is 6. The number of nitrogens with one attached hydrogen (secondary N) is 2.